The van der Waals surface area contributed by atoms with Crippen molar-refractivity contribution >= 4 is 23.2 Å². The largest absolute Gasteiger partial charge is 0.334 e. The van der Waals surface area contributed by atoms with Crippen LogP contribution in [0.5, 0.6) is 0 Å². The van der Waals surface area contributed by atoms with Gasteiger partial charge in [0, 0.05) is 16.1 Å². The molecule has 2 aromatic carbocycles. The summed E-state index contributed by atoms with van der Waals surface area (Å²) in [6.45, 7) is 2.01. The summed E-state index contributed by atoms with van der Waals surface area (Å²) in [6.07, 6.45) is 0. The van der Waals surface area contributed by atoms with Crippen molar-refractivity contribution in [2.75, 3.05) is 0 Å². The molecule has 0 aliphatic rings. The van der Waals surface area contributed by atoms with Gasteiger partial charge in [0.05, 0.1) is 5.02 Å². The van der Waals surface area contributed by atoms with E-state index >= 15 is 0 Å². The highest BCUT2D eigenvalue weighted by Crippen LogP contribution is 2.30. The first-order valence-corrected chi connectivity index (χ1v) is 6.75. The van der Waals surface area contributed by atoms with Gasteiger partial charge in [0.2, 0.25) is 5.82 Å². The van der Waals surface area contributed by atoms with Gasteiger partial charge in [-0.3, -0.25) is 0 Å². The topological polar surface area (TPSA) is 38.9 Å². The first-order chi connectivity index (χ1) is 9.63. The fourth-order valence-electron chi connectivity index (χ4n) is 1.90. The molecule has 1 heterocycles. The average Bonchev–Trinajstić information content (AvgIpc) is 2.88. The number of benzene rings is 2. The second-order valence-corrected chi connectivity index (χ2v) is 5.26. The molecule has 0 amide bonds. The molecule has 100 valence electrons. The predicted molar refractivity (Wildman–Crippen MR) is 79.9 cm³/mol. The Morgan fingerprint density at radius 2 is 1.90 bits per heavy atom. The van der Waals surface area contributed by atoms with Crippen molar-refractivity contribution in [3.8, 4) is 22.8 Å². The smallest absolute Gasteiger partial charge is 0.258 e. The van der Waals surface area contributed by atoms with Gasteiger partial charge in [-0.15, -0.1) is 0 Å². The Labute approximate surface area is 126 Å². The molecule has 0 aliphatic carbocycles. The van der Waals surface area contributed by atoms with Gasteiger partial charge in [-0.05, 0) is 37.3 Å². The van der Waals surface area contributed by atoms with Crippen LogP contribution in [0, 0.1) is 6.92 Å². The van der Waals surface area contributed by atoms with E-state index in [1.165, 1.54) is 0 Å². The highest BCUT2D eigenvalue weighted by Gasteiger charge is 2.13. The summed E-state index contributed by atoms with van der Waals surface area (Å²) in [5.41, 5.74) is 2.71. The fraction of sp³-hybridized carbons (Fsp3) is 0.0667. The van der Waals surface area contributed by atoms with Crippen LogP contribution in [0.4, 0.5) is 0 Å². The van der Waals surface area contributed by atoms with E-state index in [2.05, 4.69) is 10.1 Å². The van der Waals surface area contributed by atoms with E-state index in [4.69, 9.17) is 27.7 Å². The Kier molecular flexibility index (Phi) is 3.47. The molecular formula is C15H10Cl2N2O. The zero-order chi connectivity index (χ0) is 14.1. The van der Waals surface area contributed by atoms with Gasteiger partial charge in [0.15, 0.2) is 0 Å². The molecule has 0 saturated carbocycles. The van der Waals surface area contributed by atoms with Gasteiger partial charge in [-0.1, -0.05) is 46.1 Å². The van der Waals surface area contributed by atoms with Crippen LogP contribution in [-0.2, 0) is 0 Å². The van der Waals surface area contributed by atoms with E-state index in [1.807, 2.05) is 31.2 Å². The maximum absolute atomic E-state index is 6.14. The number of nitrogens with zero attached hydrogens (tertiary/aromatic N) is 2. The van der Waals surface area contributed by atoms with Crippen molar-refractivity contribution in [1.29, 1.82) is 0 Å². The van der Waals surface area contributed by atoms with Crippen molar-refractivity contribution in [2.24, 2.45) is 0 Å². The van der Waals surface area contributed by atoms with Gasteiger partial charge in [-0.25, -0.2) is 0 Å². The van der Waals surface area contributed by atoms with Crippen LogP contribution in [0.2, 0.25) is 10.0 Å². The number of rotatable bonds is 2. The lowest BCUT2D eigenvalue weighted by Gasteiger charge is -1.98. The van der Waals surface area contributed by atoms with Crippen LogP contribution in [0.3, 0.4) is 0 Å². The van der Waals surface area contributed by atoms with Crippen molar-refractivity contribution in [3.63, 3.8) is 0 Å². The number of hydrogen-bond acceptors (Lipinski definition) is 3. The van der Waals surface area contributed by atoms with E-state index in [9.17, 15) is 0 Å². The first-order valence-electron chi connectivity index (χ1n) is 5.99. The average molecular weight is 305 g/mol. The number of aromatic nitrogens is 2. The first kappa shape index (κ1) is 13.2. The molecule has 1 aromatic heterocycles. The molecule has 0 unspecified atom stereocenters. The summed E-state index contributed by atoms with van der Waals surface area (Å²) in [6, 6.07) is 13.0. The van der Waals surface area contributed by atoms with Crippen LogP contribution in [-0.4, -0.2) is 10.1 Å². The Bertz CT molecular complexity index is 768. The Hall–Kier alpha value is -1.84. The van der Waals surface area contributed by atoms with E-state index in [1.54, 1.807) is 18.2 Å². The quantitative estimate of drug-likeness (QED) is 0.667. The van der Waals surface area contributed by atoms with Crippen LogP contribution < -0.4 is 0 Å². The molecular weight excluding hydrogens is 295 g/mol. The molecule has 0 spiro atoms. The predicted octanol–water partition coefficient (Wildman–Crippen LogP) is 5.02. The lowest BCUT2D eigenvalue weighted by Crippen LogP contribution is -1.83. The van der Waals surface area contributed by atoms with Crippen LogP contribution in [0.15, 0.2) is 47.0 Å². The lowest BCUT2D eigenvalue weighted by molar-refractivity contribution is 0.432. The third-order valence-corrected chi connectivity index (χ3v) is 3.41. The van der Waals surface area contributed by atoms with Gasteiger partial charge >= 0.3 is 0 Å². The van der Waals surface area contributed by atoms with E-state index in [0.29, 0.717) is 27.3 Å². The summed E-state index contributed by atoms with van der Waals surface area (Å²) in [5, 5.41) is 5.03. The van der Waals surface area contributed by atoms with E-state index in [0.717, 1.165) is 11.1 Å². The van der Waals surface area contributed by atoms with Crippen LogP contribution in [0.25, 0.3) is 22.8 Å². The molecule has 0 bridgehead atoms. The summed E-state index contributed by atoms with van der Waals surface area (Å²) in [5.74, 6) is 0.915. The molecule has 3 rings (SSSR count). The number of halogens is 2. The SMILES string of the molecule is Cc1cccc(-c2nc(-c3ccc(Cl)cc3Cl)no2)c1. The molecule has 3 nitrogen and oxygen atoms in total. The molecule has 0 fully saturated rings. The molecule has 0 aliphatic heterocycles. The van der Waals surface area contributed by atoms with Crippen LogP contribution in [0.1, 0.15) is 5.56 Å². The van der Waals surface area contributed by atoms with Gasteiger partial charge in [-0.2, -0.15) is 4.98 Å². The number of aryl methyl sites for hydroxylation is 1. The summed E-state index contributed by atoms with van der Waals surface area (Å²) in [4.78, 5) is 4.38. The summed E-state index contributed by atoms with van der Waals surface area (Å²) in [7, 11) is 0. The monoisotopic (exact) mass is 304 g/mol. The molecule has 0 radical (unpaired) electrons. The Morgan fingerprint density at radius 3 is 2.65 bits per heavy atom. The standard InChI is InChI=1S/C15H10Cl2N2O/c1-9-3-2-4-10(7-9)15-18-14(19-20-15)12-6-5-11(16)8-13(12)17/h2-8H,1H3. The maximum Gasteiger partial charge on any atom is 0.258 e. The summed E-state index contributed by atoms with van der Waals surface area (Å²) < 4.78 is 5.29. The molecule has 0 N–H and O–H groups in total. The van der Waals surface area contributed by atoms with Crippen molar-refractivity contribution < 1.29 is 4.52 Å². The van der Waals surface area contributed by atoms with Crippen molar-refractivity contribution in [2.45, 2.75) is 6.92 Å². The van der Waals surface area contributed by atoms with Crippen molar-refractivity contribution in [1.82, 2.24) is 10.1 Å². The maximum atomic E-state index is 6.14. The number of hydrogen-bond donors (Lipinski definition) is 0. The Morgan fingerprint density at radius 1 is 1.05 bits per heavy atom. The second-order valence-electron chi connectivity index (χ2n) is 4.42. The Balaban J connectivity index is 2.02. The molecule has 0 atom stereocenters. The zero-order valence-corrected chi connectivity index (χ0v) is 12.1. The molecule has 3 aromatic rings. The zero-order valence-electron chi connectivity index (χ0n) is 10.6. The molecule has 5 heteroatoms. The molecule has 20 heavy (non-hydrogen) atoms. The second kappa shape index (κ2) is 5.27. The normalized spacial score (nSPS) is 10.8. The van der Waals surface area contributed by atoms with Crippen LogP contribution >= 0.6 is 23.2 Å². The lowest BCUT2D eigenvalue weighted by atomic mass is 10.1. The van der Waals surface area contributed by atoms with Crippen molar-refractivity contribution in [3.05, 3.63) is 58.1 Å². The van der Waals surface area contributed by atoms with E-state index < -0.39 is 0 Å². The van der Waals surface area contributed by atoms with Gasteiger partial charge in [0.25, 0.3) is 5.89 Å². The highest BCUT2D eigenvalue weighted by molar-refractivity contribution is 6.36. The minimum Gasteiger partial charge on any atom is -0.334 e. The van der Waals surface area contributed by atoms with Gasteiger partial charge in [0.1, 0.15) is 0 Å². The molecule has 0 saturated heterocycles. The van der Waals surface area contributed by atoms with E-state index in [-0.39, 0.29) is 0 Å². The third kappa shape index (κ3) is 2.55. The van der Waals surface area contributed by atoms with Gasteiger partial charge < -0.3 is 4.52 Å². The third-order valence-electron chi connectivity index (χ3n) is 2.86. The summed E-state index contributed by atoms with van der Waals surface area (Å²) >= 11 is 12.0. The highest BCUT2D eigenvalue weighted by atomic mass is 35.5. The minimum absolute atomic E-state index is 0.447. The fourth-order valence-corrected chi connectivity index (χ4v) is 2.39. The minimum atomic E-state index is 0.447.